The summed E-state index contributed by atoms with van der Waals surface area (Å²) in [6.45, 7) is 4.20. The second-order valence-electron chi connectivity index (χ2n) is 4.75. The lowest BCUT2D eigenvalue weighted by Gasteiger charge is -2.19. The minimum atomic E-state index is -0.523. The third-order valence-electron chi connectivity index (χ3n) is 3.07. The Morgan fingerprint density at radius 1 is 1.24 bits per heavy atom. The van der Waals surface area contributed by atoms with Gasteiger partial charge in [0.1, 0.15) is 0 Å². The number of anilines is 1. The van der Waals surface area contributed by atoms with Crippen molar-refractivity contribution in [2.24, 2.45) is 0 Å². The van der Waals surface area contributed by atoms with Gasteiger partial charge in [-0.25, -0.2) is 4.79 Å². The van der Waals surface area contributed by atoms with Crippen molar-refractivity contribution in [1.29, 1.82) is 0 Å². The van der Waals surface area contributed by atoms with Crippen LogP contribution in [0.15, 0.2) is 53.0 Å². The molecule has 0 aliphatic heterocycles. The van der Waals surface area contributed by atoms with Crippen molar-refractivity contribution in [2.75, 3.05) is 11.9 Å². The molecule has 0 aliphatic carbocycles. The molecule has 3 nitrogen and oxygen atoms in total. The third kappa shape index (κ3) is 4.33. The van der Waals surface area contributed by atoms with Crippen LogP contribution < -0.4 is 5.32 Å². The van der Waals surface area contributed by atoms with E-state index in [0.29, 0.717) is 6.61 Å². The Kier molecular flexibility index (Phi) is 5.39. The van der Waals surface area contributed by atoms with Crippen LogP contribution in [0.1, 0.15) is 24.1 Å². The van der Waals surface area contributed by atoms with Gasteiger partial charge in [0, 0.05) is 10.2 Å². The minimum absolute atomic E-state index is 0.281. The summed E-state index contributed by atoms with van der Waals surface area (Å²) in [6.07, 6.45) is 0. The van der Waals surface area contributed by atoms with E-state index >= 15 is 0 Å². The average molecular weight is 348 g/mol. The number of rotatable bonds is 5. The number of ether oxygens (including phenoxy) is 1. The van der Waals surface area contributed by atoms with Crippen molar-refractivity contribution in [3.8, 4) is 0 Å². The zero-order valence-corrected chi connectivity index (χ0v) is 13.7. The summed E-state index contributed by atoms with van der Waals surface area (Å²) in [6, 6.07) is 15.1. The summed E-state index contributed by atoms with van der Waals surface area (Å²) in [5.74, 6) is -0.281. The van der Waals surface area contributed by atoms with Gasteiger partial charge < -0.3 is 10.1 Å². The van der Waals surface area contributed by atoms with Crippen LogP contribution in [0.2, 0.25) is 0 Å². The van der Waals surface area contributed by atoms with Crippen molar-refractivity contribution in [3.05, 3.63) is 64.1 Å². The van der Waals surface area contributed by atoms with Gasteiger partial charge >= 0.3 is 5.97 Å². The molecule has 21 heavy (non-hydrogen) atoms. The Hall–Kier alpha value is -1.81. The Bertz CT molecular complexity index is 610. The van der Waals surface area contributed by atoms with Gasteiger partial charge in [-0.1, -0.05) is 45.8 Å². The van der Waals surface area contributed by atoms with Crippen LogP contribution in [-0.4, -0.2) is 12.6 Å². The predicted molar refractivity (Wildman–Crippen MR) is 88.3 cm³/mol. The van der Waals surface area contributed by atoms with Gasteiger partial charge in [0.2, 0.25) is 0 Å². The number of halogens is 1. The molecule has 1 unspecified atom stereocenters. The van der Waals surface area contributed by atoms with E-state index in [9.17, 15) is 4.79 Å². The molecule has 0 heterocycles. The van der Waals surface area contributed by atoms with Gasteiger partial charge in [0.15, 0.2) is 6.04 Å². The SMILES string of the molecule is CCOC(=O)C(Nc1ccc(C)cc1)c1cccc(Br)c1. The zero-order chi connectivity index (χ0) is 15.2. The molecule has 1 atom stereocenters. The summed E-state index contributed by atoms with van der Waals surface area (Å²) < 4.78 is 6.11. The maximum absolute atomic E-state index is 12.2. The highest BCUT2D eigenvalue weighted by atomic mass is 79.9. The number of carbonyl (C=O) groups excluding carboxylic acids is 1. The third-order valence-corrected chi connectivity index (χ3v) is 3.56. The fraction of sp³-hybridized carbons (Fsp3) is 0.235. The quantitative estimate of drug-likeness (QED) is 0.810. The van der Waals surface area contributed by atoms with Crippen molar-refractivity contribution < 1.29 is 9.53 Å². The predicted octanol–water partition coefficient (Wildman–Crippen LogP) is 4.47. The van der Waals surface area contributed by atoms with E-state index in [1.54, 1.807) is 0 Å². The van der Waals surface area contributed by atoms with E-state index in [4.69, 9.17) is 4.74 Å². The monoisotopic (exact) mass is 347 g/mol. The van der Waals surface area contributed by atoms with Gasteiger partial charge in [-0.3, -0.25) is 0 Å². The van der Waals surface area contributed by atoms with Crippen molar-refractivity contribution in [3.63, 3.8) is 0 Å². The van der Waals surface area contributed by atoms with E-state index in [1.807, 2.05) is 62.4 Å². The summed E-state index contributed by atoms with van der Waals surface area (Å²) in [5.41, 5.74) is 2.93. The second kappa shape index (κ2) is 7.27. The maximum Gasteiger partial charge on any atom is 0.333 e. The summed E-state index contributed by atoms with van der Waals surface area (Å²) in [4.78, 5) is 12.2. The number of nitrogens with one attached hydrogen (secondary N) is 1. The molecule has 2 aromatic carbocycles. The summed E-state index contributed by atoms with van der Waals surface area (Å²) in [7, 11) is 0. The normalized spacial score (nSPS) is 11.8. The first-order chi connectivity index (χ1) is 10.1. The highest BCUT2D eigenvalue weighted by Crippen LogP contribution is 2.24. The van der Waals surface area contributed by atoms with Crippen LogP contribution in [-0.2, 0) is 9.53 Å². The van der Waals surface area contributed by atoms with Gasteiger partial charge in [0.25, 0.3) is 0 Å². The number of hydrogen-bond acceptors (Lipinski definition) is 3. The number of carbonyl (C=O) groups is 1. The Morgan fingerprint density at radius 2 is 1.95 bits per heavy atom. The Labute approximate surface area is 133 Å². The van der Waals surface area contributed by atoms with E-state index in [1.165, 1.54) is 5.56 Å². The zero-order valence-electron chi connectivity index (χ0n) is 12.1. The molecule has 1 N–H and O–H groups in total. The molecule has 0 spiro atoms. The molecule has 0 aromatic heterocycles. The minimum Gasteiger partial charge on any atom is -0.464 e. The highest BCUT2D eigenvalue weighted by Gasteiger charge is 2.22. The summed E-state index contributed by atoms with van der Waals surface area (Å²) >= 11 is 3.43. The lowest BCUT2D eigenvalue weighted by atomic mass is 10.1. The summed E-state index contributed by atoms with van der Waals surface area (Å²) in [5, 5.41) is 3.24. The van der Waals surface area contributed by atoms with E-state index in [0.717, 1.165) is 15.7 Å². The number of hydrogen-bond donors (Lipinski definition) is 1. The van der Waals surface area contributed by atoms with Crippen molar-refractivity contribution in [1.82, 2.24) is 0 Å². The molecule has 0 saturated heterocycles. The number of esters is 1. The maximum atomic E-state index is 12.2. The molecule has 2 aromatic rings. The van der Waals surface area contributed by atoms with Crippen molar-refractivity contribution >= 4 is 27.6 Å². The molecule has 0 aliphatic rings. The Morgan fingerprint density at radius 3 is 2.57 bits per heavy atom. The van der Waals surface area contributed by atoms with Crippen LogP contribution >= 0.6 is 15.9 Å². The molecule has 0 fully saturated rings. The van der Waals surface area contributed by atoms with E-state index in [-0.39, 0.29) is 5.97 Å². The molecular formula is C17H18BrNO2. The van der Waals surface area contributed by atoms with Crippen LogP contribution in [0.25, 0.3) is 0 Å². The van der Waals surface area contributed by atoms with E-state index < -0.39 is 6.04 Å². The molecule has 0 amide bonds. The van der Waals surface area contributed by atoms with Gasteiger partial charge in [-0.15, -0.1) is 0 Å². The largest absolute Gasteiger partial charge is 0.464 e. The molecule has 0 radical (unpaired) electrons. The Balaban J connectivity index is 2.27. The molecule has 2 rings (SSSR count). The van der Waals surface area contributed by atoms with E-state index in [2.05, 4.69) is 21.2 Å². The van der Waals surface area contributed by atoms with Crippen LogP contribution in [0.4, 0.5) is 5.69 Å². The number of benzene rings is 2. The lowest BCUT2D eigenvalue weighted by molar-refractivity contribution is -0.144. The standard InChI is InChI=1S/C17H18BrNO2/c1-3-21-17(20)16(13-5-4-6-14(18)11-13)19-15-9-7-12(2)8-10-15/h4-11,16,19H,3H2,1-2H3. The molecular weight excluding hydrogens is 330 g/mol. The molecule has 110 valence electrons. The fourth-order valence-corrected chi connectivity index (χ4v) is 2.42. The first-order valence-corrected chi connectivity index (χ1v) is 7.64. The fourth-order valence-electron chi connectivity index (χ4n) is 2.01. The second-order valence-corrected chi connectivity index (χ2v) is 5.67. The van der Waals surface area contributed by atoms with Gasteiger partial charge in [-0.2, -0.15) is 0 Å². The molecule has 4 heteroatoms. The first-order valence-electron chi connectivity index (χ1n) is 6.85. The van der Waals surface area contributed by atoms with Gasteiger partial charge in [-0.05, 0) is 43.7 Å². The average Bonchev–Trinajstić information content (AvgIpc) is 2.47. The van der Waals surface area contributed by atoms with Crippen LogP contribution in [0.3, 0.4) is 0 Å². The van der Waals surface area contributed by atoms with Crippen LogP contribution in [0.5, 0.6) is 0 Å². The molecule has 0 saturated carbocycles. The van der Waals surface area contributed by atoms with Crippen LogP contribution in [0, 0.1) is 6.92 Å². The number of aryl methyl sites for hydroxylation is 1. The van der Waals surface area contributed by atoms with Crippen molar-refractivity contribution in [2.45, 2.75) is 19.9 Å². The van der Waals surface area contributed by atoms with Gasteiger partial charge in [0.05, 0.1) is 6.61 Å². The smallest absolute Gasteiger partial charge is 0.333 e. The first kappa shape index (κ1) is 15.6. The topological polar surface area (TPSA) is 38.3 Å². The molecule has 0 bridgehead atoms. The highest BCUT2D eigenvalue weighted by molar-refractivity contribution is 9.10. The lowest BCUT2D eigenvalue weighted by Crippen LogP contribution is -2.23.